The van der Waals surface area contributed by atoms with Gasteiger partial charge in [-0.05, 0) is 70.6 Å². The van der Waals surface area contributed by atoms with Crippen LogP contribution < -0.4 is 0 Å². The van der Waals surface area contributed by atoms with E-state index in [1.54, 1.807) is 0 Å². The Morgan fingerprint density at radius 3 is 1.20 bits per heavy atom. The van der Waals surface area contributed by atoms with Gasteiger partial charge in [0.15, 0.2) is 0 Å². The van der Waals surface area contributed by atoms with Crippen molar-refractivity contribution in [3.63, 3.8) is 0 Å². The fraction of sp³-hybridized carbons (Fsp3) is 0.673. The summed E-state index contributed by atoms with van der Waals surface area (Å²) in [4.78, 5) is 43.7. The van der Waals surface area contributed by atoms with Crippen LogP contribution in [0.1, 0.15) is 155 Å². The number of allylic oxidation sites excluding steroid dienone is 14. The largest absolute Gasteiger partial charge is 0.472 e. The molecule has 0 amide bonds. The molecule has 0 saturated carbocycles. The molecule has 5 unspecified atom stereocenters. The van der Waals surface area contributed by atoms with Crippen LogP contribution in [0, 0.1) is 0 Å². The van der Waals surface area contributed by atoms with E-state index in [2.05, 4.69) is 74.5 Å². The molecule has 17 heteroatoms. The summed E-state index contributed by atoms with van der Waals surface area (Å²) in [5.74, 6) is -1.04. The predicted molar refractivity (Wildman–Crippen MR) is 260 cm³/mol. The molecule has 0 aromatic rings. The standard InChI is InChI=1S/C49H84O15P2/c1-3-5-7-9-11-13-15-17-18-19-20-21-22-23-24-26-28-30-32-34-36-38-49(54)60-40-46(51)42-62-66(57,58)64-44-47(52)43-63-65(55,56)61-41-45(50)39-59-48(53)37-35-33-31-29-27-25-16-14-12-10-8-6-4-2/h6,8,10-14,16-18,20-21,25,27,45-47,50-52H,3-5,7,9,15,19,22-24,26,28-44H2,1-2H3,(H,55,56)(H,57,58)/b8-6+,12-10+,13-11-,16-14-,18-17-,21-20-,27-25-. The second kappa shape index (κ2) is 44.7. The fourth-order valence-electron chi connectivity index (χ4n) is 5.70. The Morgan fingerprint density at radius 1 is 0.424 bits per heavy atom. The van der Waals surface area contributed by atoms with Crippen molar-refractivity contribution >= 4 is 27.6 Å². The Balaban J connectivity index is 3.92. The first-order chi connectivity index (χ1) is 31.8. The van der Waals surface area contributed by atoms with Gasteiger partial charge in [0.25, 0.3) is 0 Å². The fourth-order valence-corrected chi connectivity index (χ4v) is 7.29. The molecule has 0 spiro atoms. The summed E-state index contributed by atoms with van der Waals surface area (Å²) in [5.41, 5.74) is 0. The minimum Gasteiger partial charge on any atom is -0.463 e. The van der Waals surface area contributed by atoms with E-state index in [0.29, 0.717) is 12.8 Å². The van der Waals surface area contributed by atoms with E-state index in [1.165, 1.54) is 44.9 Å². The maximum Gasteiger partial charge on any atom is 0.472 e. The van der Waals surface area contributed by atoms with E-state index in [0.717, 1.165) is 70.6 Å². The quantitative estimate of drug-likeness (QED) is 0.0126. The molecular weight excluding hydrogens is 890 g/mol. The summed E-state index contributed by atoms with van der Waals surface area (Å²) in [7, 11) is -9.59. The number of carbonyl (C=O) groups excluding carboxylic acids is 2. The van der Waals surface area contributed by atoms with E-state index >= 15 is 0 Å². The van der Waals surface area contributed by atoms with Gasteiger partial charge in [-0.2, -0.15) is 0 Å². The molecule has 0 aromatic carbocycles. The lowest BCUT2D eigenvalue weighted by atomic mass is 10.1. The molecule has 5 N–H and O–H groups in total. The van der Waals surface area contributed by atoms with Crippen LogP contribution in [0.15, 0.2) is 85.1 Å². The van der Waals surface area contributed by atoms with Crippen molar-refractivity contribution in [1.82, 2.24) is 0 Å². The zero-order valence-electron chi connectivity index (χ0n) is 39.8. The summed E-state index contributed by atoms with van der Waals surface area (Å²) in [5, 5.41) is 30.0. The van der Waals surface area contributed by atoms with Gasteiger partial charge in [0.1, 0.15) is 31.5 Å². The number of esters is 2. The van der Waals surface area contributed by atoms with Crippen LogP contribution in [-0.4, -0.2) is 95.0 Å². The van der Waals surface area contributed by atoms with Gasteiger partial charge >= 0.3 is 27.6 Å². The third kappa shape index (κ3) is 46.3. The zero-order chi connectivity index (χ0) is 48.8. The Hall–Kier alpha value is -2.78. The van der Waals surface area contributed by atoms with Crippen molar-refractivity contribution in [2.24, 2.45) is 0 Å². The summed E-state index contributed by atoms with van der Waals surface area (Å²) in [6.45, 7) is 0.169. The molecule has 5 atom stereocenters. The minimum absolute atomic E-state index is 0.147. The van der Waals surface area contributed by atoms with Gasteiger partial charge in [-0.3, -0.25) is 27.7 Å². The molecule has 0 rings (SSSR count). The van der Waals surface area contributed by atoms with Crippen LogP contribution in [0.5, 0.6) is 0 Å². The second-order valence-electron chi connectivity index (χ2n) is 15.8. The van der Waals surface area contributed by atoms with Crippen molar-refractivity contribution in [2.75, 3.05) is 39.6 Å². The van der Waals surface area contributed by atoms with Crippen LogP contribution in [0.25, 0.3) is 0 Å². The Labute approximate surface area is 396 Å². The summed E-state index contributed by atoms with van der Waals surface area (Å²) >= 11 is 0. The third-order valence-electron chi connectivity index (χ3n) is 9.43. The summed E-state index contributed by atoms with van der Waals surface area (Å²) < 4.78 is 52.9. The lowest BCUT2D eigenvalue weighted by Crippen LogP contribution is -2.25. The van der Waals surface area contributed by atoms with Crippen molar-refractivity contribution in [2.45, 2.75) is 173 Å². The molecule has 0 fully saturated rings. The first-order valence-electron chi connectivity index (χ1n) is 24.0. The molecule has 0 aliphatic carbocycles. The predicted octanol–water partition coefficient (Wildman–Crippen LogP) is 10.9. The maximum atomic E-state index is 12.2. The molecule has 0 saturated heterocycles. The van der Waals surface area contributed by atoms with Gasteiger partial charge in [0.2, 0.25) is 0 Å². The number of aliphatic hydroxyl groups excluding tert-OH is 3. The van der Waals surface area contributed by atoms with Crippen LogP contribution in [-0.2, 0) is 46.3 Å². The molecule has 0 heterocycles. The molecule has 0 aliphatic heterocycles. The maximum absolute atomic E-state index is 12.2. The highest BCUT2D eigenvalue weighted by Gasteiger charge is 2.28. The van der Waals surface area contributed by atoms with Gasteiger partial charge < -0.3 is 34.6 Å². The number of hydrogen-bond donors (Lipinski definition) is 5. The van der Waals surface area contributed by atoms with Gasteiger partial charge in [-0.1, -0.05) is 157 Å². The number of phosphoric ester groups is 2. The molecule has 0 bridgehead atoms. The lowest BCUT2D eigenvalue weighted by Gasteiger charge is -2.19. The van der Waals surface area contributed by atoms with Gasteiger partial charge in [-0.25, -0.2) is 9.13 Å². The monoisotopic (exact) mass is 975 g/mol. The normalized spacial score (nSPS) is 15.8. The molecule has 0 aliphatic rings. The van der Waals surface area contributed by atoms with Crippen LogP contribution in [0.3, 0.4) is 0 Å². The van der Waals surface area contributed by atoms with E-state index in [9.17, 15) is 43.8 Å². The number of phosphoric acid groups is 2. The highest BCUT2D eigenvalue weighted by Crippen LogP contribution is 2.45. The molecule has 380 valence electrons. The van der Waals surface area contributed by atoms with Crippen molar-refractivity contribution in [3.8, 4) is 0 Å². The number of rotatable bonds is 45. The highest BCUT2D eigenvalue weighted by molar-refractivity contribution is 7.47. The lowest BCUT2D eigenvalue weighted by molar-refractivity contribution is -0.148. The number of carbonyl (C=O) groups is 2. The van der Waals surface area contributed by atoms with E-state index in [-0.39, 0.29) is 12.8 Å². The minimum atomic E-state index is -4.80. The molecule has 0 radical (unpaired) electrons. The Bertz CT molecular complexity index is 1510. The van der Waals surface area contributed by atoms with Crippen LogP contribution in [0.2, 0.25) is 0 Å². The van der Waals surface area contributed by atoms with Crippen molar-refractivity contribution < 1.29 is 71.4 Å². The first kappa shape index (κ1) is 63.2. The topological polar surface area (TPSA) is 225 Å². The smallest absolute Gasteiger partial charge is 0.463 e. The third-order valence-corrected chi connectivity index (χ3v) is 11.3. The van der Waals surface area contributed by atoms with Gasteiger partial charge in [0, 0.05) is 12.8 Å². The van der Waals surface area contributed by atoms with Crippen molar-refractivity contribution in [1.29, 1.82) is 0 Å². The second-order valence-corrected chi connectivity index (χ2v) is 18.7. The molecular formula is C49H84O15P2. The van der Waals surface area contributed by atoms with Crippen LogP contribution >= 0.6 is 15.6 Å². The van der Waals surface area contributed by atoms with Crippen molar-refractivity contribution in [3.05, 3.63) is 85.1 Å². The number of hydrogen-bond acceptors (Lipinski definition) is 13. The Morgan fingerprint density at radius 2 is 0.758 bits per heavy atom. The summed E-state index contributed by atoms with van der Waals surface area (Å²) in [6.07, 6.45) is 45.8. The van der Waals surface area contributed by atoms with Gasteiger partial charge in [-0.15, -0.1) is 0 Å². The van der Waals surface area contributed by atoms with E-state index in [1.807, 2.05) is 42.5 Å². The Kier molecular flexibility index (Phi) is 42.8. The zero-order valence-corrected chi connectivity index (χ0v) is 41.6. The average Bonchev–Trinajstić information content (AvgIpc) is 3.29. The molecule has 66 heavy (non-hydrogen) atoms. The molecule has 15 nitrogen and oxygen atoms in total. The van der Waals surface area contributed by atoms with E-state index in [4.69, 9.17) is 9.47 Å². The van der Waals surface area contributed by atoms with Crippen LogP contribution in [0.4, 0.5) is 0 Å². The molecule has 0 aromatic heterocycles. The SMILES string of the molecule is CC/C=C/C=C/C=C\C=C/CCCCCC(=O)OCC(O)COP(=O)(O)OCC(O)COP(=O)(O)OCC(O)COC(=O)CCCCCCCCCC/C=C\C/C=C\C/C=C\CCCCC. The van der Waals surface area contributed by atoms with Gasteiger partial charge in [0.05, 0.1) is 26.4 Å². The average molecular weight is 975 g/mol. The number of aliphatic hydroxyl groups is 3. The summed E-state index contributed by atoms with van der Waals surface area (Å²) in [6, 6.07) is 0. The number of ether oxygens (including phenoxy) is 2. The highest BCUT2D eigenvalue weighted by atomic mass is 31.2. The van der Waals surface area contributed by atoms with E-state index < -0.39 is 85.5 Å². The number of unbranched alkanes of at least 4 members (excludes halogenated alkanes) is 14. The first-order valence-corrected chi connectivity index (χ1v) is 27.0.